The van der Waals surface area contributed by atoms with Gasteiger partial charge in [0, 0.05) is 35.3 Å². The van der Waals surface area contributed by atoms with Gasteiger partial charge in [0.15, 0.2) is 0 Å². The minimum atomic E-state index is 0.385. The molecule has 3 aromatic heterocycles. The van der Waals surface area contributed by atoms with Crippen LogP contribution in [0.1, 0.15) is 25.1 Å². The molecule has 0 saturated heterocycles. The van der Waals surface area contributed by atoms with Crippen molar-refractivity contribution >= 4 is 37.9 Å². The van der Waals surface area contributed by atoms with E-state index in [1.807, 2.05) is 31.3 Å². The number of benzene rings is 4. The van der Waals surface area contributed by atoms with E-state index < -0.39 is 0 Å². The summed E-state index contributed by atoms with van der Waals surface area (Å²) in [6, 6.07) is 32.5. The molecule has 0 amide bonds. The van der Waals surface area contributed by atoms with Crippen molar-refractivity contribution < 1.29 is 0 Å². The number of hydrogen-bond acceptors (Lipinski definition) is 6. The van der Waals surface area contributed by atoms with Crippen LogP contribution in [0.2, 0.25) is 0 Å². The fourth-order valence-corrected chi connectivity index (χ4v) is 5.88. The molecule has 6 nitrogen and oxygen atoms in total. The van der Waals surface area contributed by atoms with Gasteiger partial charge in [0.2, 0.25) is 0 Å². The molecule has 0 unspecified atom stereocenters. The number of rotatable bonds is 7. The summed E-state index contributed by atoms with van der Waals surface area (Å²) in [6.07, 6.45) is 8.01. The third kappa shape index (κ3) is 5.06. The summed E-state index contributed by atoms with van der Waals surface area (Å²) in [6.45, 7) is 4.63. The first-order valence-electron chi connectivity index (χ1n) is 14.9. The number of hydrogen-bond donors (Lipinski definition) is 2. The Hall–Kier alpha value is -5.46. The van der Waals surface area contributed by atoms with Gasteiger partial charge >= 0.3 is 0 Å². The summed E-state index contributed by atoms with van der Waals surface area (Å²) in [5.41, 5.74) is 14.6. The van der Waals surface area contributed by atoms with Gasteiger partial charge in [-0.2, -0.15) is 0 Å². The van der Waals surface area contributed by atoms with Crippen molar-refractivity contribution in [2.75, 3.05) is 6.67 Å². The normalized spacial score (nSPS) is 11.8. The lowest BCUT2D eigenvalue weighted by molar-refractivity contribution is 0.884. The topological polar surface area (TPSA) is 89.6 Å². The number of nitrogens with two attached hydrogens (primary N) is 1. The van der Waals surface area contributed by atoms with Crippen LogP contribution < -0.4 is 11.1 Å². The van der Waals surface area contributed by atoms with E-state index in [4.69, 9.17) is 15.7 Å². The number of pyridine rings is 2. The average Bonchev–Trinajstić information content (AvgIpc) is 3.10. The molecule has 0 spiro atoms. The minimum Gasteiger partial charge on any atom is -0.378 e. The zero-order valence-electron chi connectivity index (χ0n) is 24.8. The number of nitrogens with zero attached hydrogens (tertiary/aromatic N) is 4. The summed E-state index contributed by atoms with van der Waals surface area (Å²) in [5.74, 6) is 0. The molecular weight excluding hydrogens is 540 g/mol. The molecule has 4 aromatic carbocycles. The predicted octanol–water partition coefficient (Wildman–Crippen LogP) is 8.16. The molecule has 3 N–H and O–H groups in total. The zero-order chi connectivity index (χ0) is 30.0. The highest BCUT2D eigenvalue weighted by Gasteiger charge is 2.13. The summed E-state index contributed by atoms with van der Waals surface area (Å²) in [5, 5.41) is 10.4. The average molecular weight is 573 g/mol. The monoisotopic (exact) mass is 572 g/mol. The highest BCUT2D eigenvalue weighted by molar-refractivity contribution is 6.26. The smallest absolute Gasteiger partial charge is 0.115 e. The second-order valence-corrected chi connectivity index (χ2v) is 10.9. The Balaban J connectivity index is 1.40. The molecule has 0 aliphatic rings. The molecule has 6 heteroatoms. The molecule has 3 heterocycles. The first-order chi connectivity index (χ1) is 21.6. The highest BCUT2D eigenvalue weighted by Crippen LogP contribution is 2.39. The van der Waals surface area contributed by atoms with Gasteiger partial charge in [-0.3, -0.25) is 0 Å². The van der Waals surface area contributed by atoms with Gasteiger partial charge in [-0.05, 0) is 93.2 Å². The fourth-order valence-electron chi connectivity index (χ4n) is 5.88. The Morgan fingerprint density at radius 3 is 1.91 bits per heavy atom. The second-order valence-electron chi connectivity index (χ2n) is 10.9. The molecule has 214 valence electrons. The van der Waals surface area contributed by atoms with Crippen LogP contribution in [0.25, 0.3) is 71.7 Å². The van der Waals surface area contributed by atoms with E-state index >= 15 is 0 Å². The number of nitrogens with one attached hydrogen (secondary N) is 1. The van der Waals surface area contributed by atoms with Crippen molar-refractivity contribution in [3.8, 4) is 33.8 Å². The van der Waals surface area contributed by atoms with E-state index in [-0.39, 0.29) is 0 Å². The predicted molar refractivity (Wildman–Crippen MR) is 182 cm³/mol. The Kier molecular flexibility index (Phi) is 7.26. The summed E-state index contributed by atoms with van der Waals surface area (Å²) in [7, 11) is 0. The SMILES string of the molecule is CCc1ccc2c(c1)c1cc(-c3cccc(/C(C)=C/NCN)n3)ccc1c1ccc(-c3cccc(-c4cncnc4)n3)cc12. The van der Waals surface area contributed by atoms with Crippen molar-refractivity contribution in [2.24, 2.45) is 5.73 Å². The van der Waals surface area contributed by atoms with Crippen LogP contribution in [0, 0.1) is 0 Å². The Labute approximate surface area is 256 Å². The van der Waals surface area contributed by atoms with Crippen molar-refractivity contribution in [3.05, 3.63) is 127 Å². The fraction of sp³-hybridized carbons (Fsp3) is 0.105. The van der Waals surface area contributed by atoms with Crippen LogP contribution in [-0.2, 0) is 6.42 Å². The maximum Gasteiger partial charge on any atom is 0.115 e. The van der Waals surface area contributed by atoms with Gasteiger partial charge in [0.05, 0.1) is 29.4 Å². The number of allylic oxidation sites excluding steroid dienone is 1. The van der Waals surface area contributed by atoms with Gasteiger partial charge in [-0.1, -0.05) is 61.5 Å². The van der Waals surface area contributed by atoms with Gasteiger partial charge in [-0.15, -0.1) is 0 Å². The third-order valence-electron chi connectivity index (χ3n) is 8.19. The van der Waals surface area contributed by atoms with E-state index in [0.717, 1.165) is 51.5 Å². The van der Waals surface area contributed by atoms with E-state index in [9.17, 15) is 0 Å². The van der Waals surface area contributed by atoms with Gasteiger partial charge < -0.3 is 11.1 Å². The van der Waals surface area contributed by atoms with Crippen LogP contribution in [0.5, 0.6) is 0 Å². The molecule has 0 fully saturated rings. The van der Waals surface area contributed by atoms with E-state index in [0.29, 0.717) is 6.67 Å². The lowest BCUT2D eigenvalue weighted by atomic mass is 9.90. The second kappa shape index (κ2) is 11.7. The number of fused-ring (bicyclic) bond motifs is 6. The van der Waals surface area contributed by atoms with Crippen LogP contribution >= 0.6 is 0 Å². The van der Waals surface area contributed by atoms with Crippen LogP contribution in [-0.4, -0.2) is 26.6 Å². The minimum absolute atomic E-state index is 0.385. The largest absolute Gasteiger partial charge is 0.378 e. The molecule has 0 aliphatic heterocycles. The molecule has 44 heavy (non-hydrogen) atoms. The van der Waals surface area contributed by atoms with Crippen LogP contribution in [0.3, 0.4) is 0 Å². The lowest BCUT2D eigenvalue weighted by Crippen LogP contribution is -2.16. The first-order valence-corrected chi connectivity index (χ1v) is 14.9. The van der Waals surface area contributed by atoms with Crippen LogP contribution in [0.15, 0.2) is 116 Å². The molecule has 0 aliphatic carbocycles. The highest BCUT2D eigenvalue weighted by atomic mass is 14.9. The van der Waals surface area contributed by atoms with E-state index in [2.05, 4.69) is 95.0 Å². The molecule has 7 rings (SSSR count). The van der Waals surface area contributed by atoms with Crippen LogP contribution in [0.4, 0.5) is 0 Å². The molecule has 0 saturated carbocycles. The molecule has 0 atom stereocenters. The first kappa shape index (κ1) is 27.4. The lowest BCUT2D eigenvalue weighted by Gasteiger charge is -2.14. The zero-order valence-corrected chi connectivity index (χ0v) is 24.8. The third-order valence-corrected chi connectivity index (χ3v) is 8.19. The summed E-state index contributed by atoms with van der Waals surface area (Å²) >= 11 is 0. The van der Waals surface area contributed by atoms with Gasteiger partial charge in [-0.25, -0.2) is 19.9 Å². The van der Waals surface area contributed by atoms with Gasteiger partial charge in [0.25, 0.3) is 0 Å². The van der Waals surface area contributed by atoms with E-state index in [1.165, 1.54) is 44.2 Å². The Morgan fingerprint density at radius 1 is 0.659 bits per heavy atom. The van der Waals surface area contributed by atoms with Crippen molar-refractivity contribution in [1.29, 1.82) is 0 Å². The van der Waals surface area contributed by atoms with Crippen molar-refractivity contribution in [3.63, 3.8) is 0 Å². The van der Waals surface area contributed by atoms with Gasteiger partial charge in [0.1, 0.15) is 6.33 Å². The molecular formula is C38H32N6. The maximum absolute atomic E-state index is 5.62. The molecule has 7 aromatic rings. The molecule has 0 radical (unpaired) electrons. The summed E-state index contributed by atoms with van der Waals surface area (Å²) < 4.78 is 0. The number of aryl methyl sites for hydroxylation is 1. The standard InChI is InChI=1S/C38H32N6/c1-3-25-10-13-31-32(16-25)34-18-27(36-7-4-6-35(43-36)24(2)19-40-22-39)12-15-30(34)29-14-11-26(17-33(29)31)37-8-5-9-38(44-37)28-20-41-23-42-21-28/h4-21,23,40H,3,22,39H2,1-2H3/b24-19+. The Morgan fingerprint density at radius 2 is 1.23 bits per heavy atom. The number of aromatic nitrogens is 4. The van der Waals surface area contributed by atoms with E-state index in [1.54, 1.807) is 12.4 Å². The maximum atomic E-state index is 5.62. The van der Waals surface area contributed by atoms with Crippen molar-refractivity contribution in [1.82, 2.24) is 25.3 Å². The molecule has 0 bridgehead atoms. The quantitative estimate of drug-likeness (QED) is 0.148. The Bertz CT molecular complexity index is 2190. The summed E-state index contributed by atoms with van der Waals surface area (Å²) in [4.78, 5) is 18.3. The van der Waals surface area contributed by atoms with Crippen molar-refractivity contribution in [2.45, 2.75) is 20.3 Å².